The van der Waals surface area contributed by atoms with Crippen LogP contribution in [0.3, 0.4) is 0 Å². The van der Waals surface area contributed by atoms with Gasteiger partial charge < -0.3 is 9.47 Å². The minimum Gasteiger partial charge on any atom is -0.333 e. The van der Waals surface area contributed by atoms with Gasteiger partial charge in [0.15, 0.2) is 0 Å². The van der Waals surface area contributed by atoms with Crippen LogP contribution in [0.2, 0.25) is 0 Å². The van der Waals surface area contributed by atoms with Crippen molar-refractivity contribution in [2.45, 2.75) is 18.4 Å². The predicted octanol–water partition coefficient (Wildman–Crippen LogP) is 9.54. The first-order valence-electron chi connectivity index (χ1n) is 13.9. The summed E-state index contributed by atoms with van der Waals surface area (Å²) in [5.41, 5.74) is 8.75. The normalized spacial score (nSPS) is 17.6. The molecule has 2 nitrogen and oxygen atoms in total. The lowest BCUT2D eigenvalue weighted by atomic mass is 9.91. The Morgan fingerprint density at radius 1 is 0.634 bits per heavy atom. The van der Waals surface area contributed by atoms with Crippen LogP contribution in [0.15, 0.2) is 139 Å². The standard InChI is InChI=1S/C37H26F2N2/c38-26-13-19-32-30-5-1-3-7-34(30)40(36(32)22-26)28-15-9-24(10-16-28)21-25-11-17-29(18-12-25)41-35-8-4-2-6-31(35)33-20-14-27(39)23-37(33)41/h1-20,22-23,32,36H,21H2. The van der Waals surface area contributed by atoms with Crippen LogP contribution >= 0.6 is 0 Å². The molecule has 1 aliphatic carbocycles. The molecule has 2 aliphatic rings. The van der Waals surface area contributed by atoms with Gasteiger partial charge in [0.2, 0.25) is 0 Å². The summed E-state index contributed by atoms with van der Waals surface area (Å²) in [6.07, 6.45) is 6.08. The monoisotopic (exact) mass is 536 g/mol. The van der Waals surface area contributed by atoms with Gasteiger partial charge in [-0.1, -0.05) is 66.7 Å². The minimum atomic E-state index is -0.240. The lowest BCUT2D eigenvalue weighted by Crippen LogP contribution is -2.29. The number of hydrogen-bond acceptors (Lipinski definition) is 1. The Kier molecular flexibility index (Phi) is 5.42. The summed E-state index contributed by atoms with van der Waals surface area (Å²) in [6.45, 7) is 0. The Balaban J connectivity index is 1.08. The van der Waals surface area contributed by atoms with Crippen LogP contribution in [0.25, 0.3) is 27.5 Å². The van der Waals surface area contributed by atoms with E-state index in [4.69, 9.17) is 0 Å². The van der Waals surface area contributed by atoms with Crippen molar-refractivity contribution in [3.05, 3.63) is 162 Å². The SMILES string of the molecule is FC1=CC2C(C=C1)c1ccccc1N2c1ccc(Cc2ccc(-n3c4ccccc4c4ccc(F)cc43)cc2)cc1. The van der Waals surface area contributed by atoms with Crippen LogP contribution in [0.5, 0.6) is 0 Å². The van der Waals surface area contributed by atoms with Gasteiger partial charge in [0.05, 0.1) is 17.1 Å². The molecule has 0 spiro atoms. The molecule has 2 heterocycles. The topological polar surface area (TPSA) is 8.17 Å². The van der Waals surface area contributed by atoms with Gasteiger partial charge in [-0.15, -0.1) is 0 Å². The molecule has 2 atom stereocenters. The third kappa shape index (κ3) is 3.90. The maximum absolute atomic E-state index is 14.3. The van der Waals surface area contributed by atoms with Crippen LogP contribution in [0, 0.1) is 5.82 Å². The van der Waals surface area contributed by atoms with E-state index in [0.29, 0.717) is 0 Å². The van der Waals surface area contributed by atoms with Crippen molar-refractivity contribution >= 4 is 33.2 Å². The van der Waals surface area contributed by atoms with Crippen molar-refractivity contribution < 1.29 is 8.78 Å². The molecule has 5 aromatic carbocycles. The maximum Gasteiger partial charge on any atom is 0.125 e. The average molecular weight is 537 g/mol. The molecule has 2 unspecified atom stereocenters. The molecular formula is C37H26F2N2. The van der Waals surface area contributed by atoms with Crippen molar-refractivity contribution in [2.75, 3.05) is 4.90 Å². The highest BCUT2D eigenvalue weighted by Gasteiger charge is 2.38. The summed E-state index contributed by atoms with van der Waals surface area (Å²) in [6, 6.07) is 38.6. The van der Waals surface area contributed by atoms with Crippen LogP contribution in [0.4, 0.5) is 20.2 Å². The molecule has 8 rings (SSSR count). The maximum atomic E-state index is 14.3. The fourth-order valence-corrected chi connectivity index (χ4v) is 6.61. The summed E-state index contributed by atoms with van der Waals surface area (Å²) in [7, 11) is 0. The number of fused-ring (bicyclic) bond motifs is 6. The van der Waals surface area contributed by atoms with Crippen molar-refractivity contribution in [3.63, 3.8) is 0 Å². The average Bonchev–Trinajstić information content (AvgIpc) is 3.50. The highest BCUT2D eigenvalue weighted by molar-refractivity contribution is 6.09. The van der Waals surface area contributed by atoms with Crippen LogP contribution in [-0.2, 0) is 6.42 Å². The number of allylic oxidation sites excluding steroid dienone is 2. The van der Waals surface area contributed by atoms with Gasteiger partial charge in [-0.25, -0.2) is 8.78 Å². The zero-order chi connectivity index (χ0) is 27.5. The Morgan fingerprint density at radius 3 is 2.12 bits per heavy atom. The molecule has 198 valence electrons. The highest BCUT2D eigenvalue weighted by Crippen LogP contribution is 2.48. The van der Waals surface area contributed by atoms with Gasteiger partial charge in [-0.2, -0.15) is 0 Å². The number of anilines is 2. The van der Waals surface area contributed by atoms with E-state index in [0.717, 1.165) is 45.3 Å². The zero-order valence-electron chi connectivity index (χ0n) is 22.2. The summed E-state index contributed by atoms with van der Waals surface area (Å²) in [5, 5.41) is 2.15. The van der Waals surface area contributed by atoms with Crippen molar-refractivity contribution in [2.24, 2.45) is 0 Å². The Morgan fingerprint density at radius 2 is 1.32 bits per heavy atom. The predicted molar refractivity (Wildman–Crippen MR) is 163 cm³/mol. The van der Waals surface area contributed by atoms with Gasteiger partial charge in [0.1, 0.15) is 11.6 Å². The number of halogens is 2. The summed E-state index contributed by atoms with van der Waals surface area (Å²) < 4.78 is 30.6. The van der Waals surface area contributed by atoms with E-state index in [1.54, 1.807) is 18.2 Å². The molecular weight excluding hydrogens is 510 g/mol. The highest BCUT2D eigenvalue weighted by atomic mass is 19.1. The molecule has 0 N–H and O–H groups in total. The third-order valence-electron chi connectivity index (χ3n) is 8.47. The quantitative estimate of drug-likeness (QED) is 0.218. The molecule has 4 heteroatoms. The molecule has 1 aromatic heterocycles. The second kappa shape index (κ2) is 9.31. The summed E-state index contributed by atoms with van der Waals surface area (Å²) in [4.78, 5) is 2.25. The van der Waals surface area contributed by atoms with Gasteiger partial charge in [-0.3, -0.25) is 0 Å². The summed E-state index contributed by atoms with van der Waals surface area (Å²) >= 11 is 0. The first-order valence-corrected chi connectivity index (χ1v) is 13.9. The van der Waals surface area contributed by atoms with Crippen LogP contribution in [-0.4, -0.2) is 10.6 Å². The molecule has 0 amide bonds. The molecule has 0 radical (unpaired) electrons. The smallest absolute Gasteiger partial charge is 0.125 e. The zero-order valence-corrected chi connectivity index (χ0v) is 22.2. The van der Waals surface area contributed by atoms with E-state index in [2.05, 4.69) is 88.3 Å². The van der Waals surface area contributed by atoms with Crippen molar-refractivity contribution in [3.8, 4) is 5.69 Å². The van der Waals surface area contributed by atoms with Crippen molar-refractivity contribution in [1.82, 2.24) is 4.57 Å². The molecule has 0 bridgehead atoms. The Bertz CT molecular complexity index is 2000. The Labute approximate surface area is 237 Å². The number of hydrogen-bond donors (Lipinski definition) is 0. The molecule has 0 fully saturated rings. The van der Waals surface area contributed by atoms with Gasteiger partial charge in [0, 0.05) is 33.8 Å². The fraction of sp³-hybridized carbons (Fsp3) is 0.0811. The number of para-hydroxylation sites is 2. The Hall–Kier alpha value is -4.96. The molecule has 41 heavy (non-hydrogen) atoms. The van der Waals surface area contributed by atoms with E-state index in [9.17, 15) is 8.78 Å². The van der Waals surface area contributed by atoms with Crippen LogP contribution in [0.1, 0.15) is 22.6 Å². The van der Waals surface area contributed by atoms with E-state index in [-0.39, 0.29) is 23.6 Å². The minimum absolute atomic E-state index is 0.0647. The molecule has 1 aliphatic heterocycles. The first-order chi connectivity index (χ1) is 20.1. The summed E-state index contributed by atoms with van der Waals surface area (Å²) in [5.74, 6) is -0.277. The lowest BCUT2D eigenvalue weighted by molar-refractivity contribution is 0.624. The largest absolute Gasteiger partial charge is 0.333 e. The van der Waals surface area contributed by atoms with Gasteiger partial charge in [0.25, 0.3) is 0 Å². The number of aromatic nitrogens is 1. The molecule has 0 saturated carbocycles. The second-order valence-electron chi connectivity index (χ2n) is 10.9. The fourth-order valence-electron chi connectivity index (χ4n) is 6.61. The first kappa shape index (κ1) is 23.9. The molecule has 6 aromatic rings. The number of nitrogens with zero attached hydrogens (tertiary/aromatic N) is 2. The molecule has 0 saturated heterocycles. The van der Waals surface area contributed by atoms with E-state index >= 15 is 0 Å². The van der Waals surface area contributed by atoms with Crippen molar-refractivity contribution in [1.29, 1.82) is 0 Å². The number of rotatable bonds is 4. The van der Waals surface area contributed by atoms with Crippen LogP contribution < -0.4 is 4.90 Å². The lowest BCUT2D eigenvalue weighted by Gasteiger charge is -2.29. The van der Waals surface area contributed by atoms with E-state index in [1.165, 1.54) is 22.8 Å². The van der Waals surface area contributed by atoms with E-state index in [1.807, 2.05) is 30.3 Å². The number of benzene rings is 5. The second-order valence-corrected chi connectivity index (χ2v) is 10.9. The van der Waals surface area contributed by atoms with Gasteiger partial charge >= 0.3 is 0 Å². The van der Waals surface area contributed by atoms with E-state index < -0.39 is 0 Å². The third-order valence-corrected chi connectivity index (χ3v) is 8.47. The van der Waals surface area contributed by atoms with Gasteiger partial charge in [-0.05, 0) is 89.9 Å².